The van der Waals surface area contributed by atoms with Gasteiger partial charge in [0.05, 0.1) is 0 Å². The number of benzene rings is 1. The summed E-state index contributed by atoms with van der Waals surface area (Å²) < 4.78 is 0. The maximum absolute atomic E-state index is 11.1. The van der Waals surface area contributed by atoms with Crippen LogP contribution in [0.15, 0.2) is 24.3 Å². The van der Waals surface area contributed by atoms with Crippen molar-refractivity contribution in [3.05, 3.63) is 35.4 Å². The number of rotatable bonds is 1. The molecule has 0 radical (unpaired) electrons. The Morgan fingerprint density at radius 2 is 2.25 bits per heavy atom. The van der Waals surface area contributed by atoms with Crippen molar-refractivity contribution in [3.63, 3.8) is 0 Å². The first kappa shape index (κ1) is 7.53. The first-order valence-corrected chi connectivity index (χ1v) is 4.36. The maximum Gasteiger partial charge on any atom is 0.140 e. The third kappa shape index (κ3) is 1.15. The summed E-state index contributed by atoms with van der Waals surface area (Å²) in [7, 11) is 0. The number of ketones is 1. The van der Waals surface area contributed by atoms with Crippen molar-refractivity contribution in [1.82, 2.24) is 0 Å². The first-order chi connectivity index (χ1) is 5.77. The molecule has 0 spiro atoms. The molecular formula is C11H12O. The molecule has 0 aromatic heterocycles. The van der Waals surface area contributed by atoms with Crippen molar-refractivity contribution < 1.29 is 4.79 Å². The van der Waals surface area contributed by atoms with Gasteiger partial charge in [0.15, 0.2) is 0 Å². The Balaban J connectivity index is 2.28. The lowest BCUT2D eigenvalue weighted by Crippen LogP contribution is -2.23. The fourth-order valence-electron chi connectivity index (χ4n) is 1.65. The van der Waals surface area contributed by atoms with Gasteiger partial charge in [-0.05, 0) is 18.9 Å². The molecule has 0 aliphatic heterocycles. The number of carbonyl (C=O) groups is 1. The summed E-state index contributed by atoms with van der Waals surface area (Å²) in [5, 5.41) is 0. The Morgan fingerprint density at radius 1 is 1.42 bits per heavy atom. The molecule has 12 heavy (non-hydrogen) atoms. The number of hydrogen-bond donors (Lipinski definition) is 0. The quantitative estimate of drug-likeness (QED) is 0.616. The van der Waals surface area contributed by atoms with Gasteiger partial charge >= 0.3 is 0 Å². The van der Waals surface area contributed by atoms with Crippen LogP contribution in [-0.4, -0.2) is 5.78 Å². The third-order valence-electron chi connectivity index (χ3n) is 2.51. The lowest BCUT2D eigenvalue weighted by Gasteiger charge is -2.24. The summed E-state index contributed by atoms with van der Waals surface area (Å²) in [6.45, 7) is 2.06. The van der Waals surface area contributed by atoms with Gasteiger partial charge in [-0.15, -0.1) is 0 Å². The molecule has 0 heterocycles. The highest BCUT2D eigenvalue weighted by Gasteiger charge is 2.29. The molecule has 2 rings (SSSR count). The van der Waals surface area contributed by atoms with E-state index in [4.69, 9.17) is 0 Å². The molecule has 0 bridgehead atoms. The van der Waals surface area contributed by atoms with E-state index >= 15 is 0 Å². The van der Waals surface area contributed by atoms with E-state index in [1.54, 1.807) is 0 Å². The second kappa shape index (κ2) is 2.74. The largest absolute Gasteiger partial charge is 0.299 e. The number of hydrogen-bond acceptors (Lipinski definition) is 1. The number of carbonyl (C=O) groups excluding carboxylic acids is 1. The first-order valence-electron chi connectivity index (χ1n) is 4.36. The van der Waals surface area contributed by atoms with Crippen LogP contribution in [0.2, 0.25) is 0 Å². The summed E-state index contributed by atoms with van der Waals surface area (Å²) in [5.74, 6) is 0.616. The maximum atomic E-state index is 11.1. The van der Waals surface area contributed by atoms with Crippen molar-refractivity contribution in [2.24, 2.45) is 0 Å². The summed E-state index contributed by atoms with van der Waals surface area (Å²) >= 11 is 0. The van der Waals surface area contributed by atoms with E-state index in [0.29, 0.717) is 5.78 Å². The minimum absolute atomic E-state index is 0.213. The Morgan fingerprint density at radius 3 is 2.75 bits per heavy atom. The summed E-state index contributed by atoms with van der Waals surface area (Å²) in [4.78, 5) is 11.1. The van der Waals surface area contributed by atoms with Crippen LogP contribution in [0.5, 0.6) is 0 Å². The minimum atomic E-state index is 0.213. The SMILES string of the molecule is Cc1cccc([C@@H]2CCC2=O)c1. The van der Waals surface area contributed by atoms with Crippen LogP contribution in [0, 0.1) is 6.92 Å². The molecular weight excluding hydrogens is 148 g/mol. The van der Waals surface area contributed by atoms with Gasteiger partial charge in [-0.1, -0.05) is 29.8 Å². The van der Waals surface area contributed by atoms with Crippen molar-refractivity contribution in [2.45, 2.75) is 25.7 Å². The van der Waals surface area contributed by atoms with Crippen LogP contribution in [0.3, 0.4) is 0 Å². The molecule has 1 nitrogen and oxygen atoms in total. The van der Waals surface area contributed by atoms with Gasteiger partial charge in [-0.3, -0.25) is 4.79 Å². The molecule has 62 valence electrons. The third-order valence-corrected chi connectivity index (χ3v) is 2.51. The van der Waals surface area contributed by atoms with E-state index in [-0.39, 0.29) is 5.92 Å². The zero-order valence-corrected chi connectivity index (χ0v) is 7.21. The Kier molecular flexibility index (Phi) is 1.72. The van der Waals surface area contributed by atoms with Crippen molar-refractivity contribution in [2.75, 3.05) is 0 Å². The second-order valence-electron chi connectivity index (χ2n) is 3.47. The van der Waals surface area contributed by atoms with E-state index < -0.39 is 0 Å². The van der Waals surface area contributed by atoms with E-state index in [9.17, 15) is 4.79 Å². The van der Waals surface area contributed by atoms with Crippen LogP contribution in [-0.2, 0) is 4.79 Å². The van der Waals surface area contributed by atoms with Crippen molar-refractivity contribution >= 4 is 5.78 Å². The zero-order valence-electron chi connectivity index (χ0n) is 7.21. The summed E-state index contributed by atoms with van der Waals surface area (Å²) in [6.07, 6.45) is 1.82. The van der Waals surface area contributed by atoms with Crippen molar-refractivity contribution in [3.8, 4) is 0 Å². The topological polar surface area (TPSA) is 17.1 Å². The molecule has 0 amide bonds. The smallest absolute Gasteiger partial charge is 0.140 e. The average Bonchev–Trinajstić information content (AvgIpc) is 2.02. The van der Waals surface area contributed by atoms with E-state index in [1.165, 1.54) is 11.1 Å². The summed E-state index contributed by atoms with van der Waals surface area (Å²) in [5.41, 5.74) is 2.44. The lowest BCUT2D eigenvalue weighted by molar-refractivity contribution is -0.125. The highest BCUT2D eigenvalue weighted by atomic mass is 16.1. The molecule has 1 atom stereocenters. The van der Waals surface area contributed by atoms with Gasteiger partial charge in [-0.25, -0.2) is 0 Å². The van der Waals surface area contributed by atoms with Crippen LogP contribution >= 0.6 is 0 Å². The van der Waals surface area contributed by atoms with Crippen LogP contribution in [0.4, 0.5) is 0 Å². The van der Waals surface area contributed by atoms with Crippen molar-refractivity contribution in [1.29, 1.82) is 0 Å². The standard InChI is InChI=1S/C11H12O/c1-8-3-2-4-9(7-8)10-5-6-11(10)12/h2-4,7,10H,5-6H2,1H3/t10-/m0/s1. The van der Waals surface area contributed by atoms with E-state index in [1.807, 2.05) is 6.07 Å². The van der Waals surface area contributed by atoms with Gasteiger partial charge in [0.2, 0.25) is 0 Å². The Bertz CT molecular complexity index is 315. The van der Waals surface area contributed by atoms with Gasteiger partial charge in [-0.2, -0.15) is 0 Å². The highest BCUT2D eigenvalue weighted by molar-refractivity contribution is 5.91. The molecule has 1 aliphatic rings. The molecule has 0 N–H and O–H groups in total. The van der Waals surface area contributed by atoms with Crippen LogP contribution < -0.4 is 0 Å². The molecule has 1 saturated carbocycles. The van der Waals surface area contributed by atoms with E-state index in [2.05, 4.69) is 25.1 Å². The Hall–Kier alpha value is -1.11. The molecule has 0 unspecified atom stereocenters. The molecule has 1 aromatic rings. The lowest BCUT2D eigenvalue weighted by atomic mass is 9.78. The minimum Gasteiger partial charge on any atom is -0.299 e. The van der Waals surface area contributed by atoms with Crippen LogP contribution in [0.1, 0.15) is 29.9 Å². The van der Waals surface area contributed by atoms with Gasteiger partial charge in [0, 0.05) is 12.3 Å². The number of Topliss-reactive ketones (excluding diaryl/α,β-unsaturated/α-hetero) is 1. The second-order valence-corrected chi connectivity index (χ2v) is 3.47. The molecule has 1 aromatic carbocycles. The summed E-state index contributed by atoms with van der Waals surface area (Å²) in [6, 6.07) is 8.25. The normalized spacial score (nSPS) is 22.1. The van der Waals surface area contributed by atoms with Gasteiger partial charge in [0.1, 0.15) is 5.78 Å². The predicted octanol–water partition coefficient (Wildman–Crippen LogP) is 2.44. The molecule has 1 heteroatoms. The molecule has 0 saturated heterocycles. The fourth-order valence-corrected chi connectivity index (χ4v) is 1.65. The Labute approximate surface area is 72.4 Å². The average molecular weight is 160 g/mol. The monoisotopic (exact) mass is 160 g/mol. The van der Waals surface area contributed by atoms with Gasteiger partial charge < -0.3 is 0 Å². The highest BCUT2D eigenvalue weighted by Crippen LogP contribution is 2.32. The number of aryl methyl sites for hydroxylation is 1. The predicted molar refractivity (Wildman–Crippen MR) is 48.2 cm³/mol. The van der Waals surface area contributed by atoms with Gasteiger partial charge in [0.25, 0.3) is 0 Å². The van der Waals surface area contributed by atoms with Crippen LogP contribution in [0.25, 0.3) is 0 Å². The molecule has 1 fully saturated rings. The fraction of sp³-hybridized carbons (Fsp3) is 0.364. The zero-order chi connectivity index (χ0) is 8.55. The van der Waals surface area contributed by atoms with E-state index in [0.717, 1.165) is 12.8 Å². The molecule has 1 aliphatic carbocycles.